The molecule has 8 heteroatoms. The van der Waals surface area contributed by atoms with Crippen LogP contribution in [0.1, 0.15) is 30.7 Å². The number of carbonyl (C=O) groups excluding carboxylic acids is 1. The number of hydrogen-bond donors (Lipinski definition) is 1. The number of rotatable bonds is 4. The van der Waals surface area contributed by atoms with Gasteiger partial charge in [0, 0.05) is 24.0 Å². The second kappa shape index (κ2) is 7.66. The van der Waals surface area contributed by atoms with Crippen LogP contribution in [0, 0.1) is 12.8 Å². The first-order valence-electron chi connectivity index (χ1n) is 9.04. The van der Waals surface area contributed by atoms with Crippen molar-refractivity contribution in [3.8, 4) is 10.6 Å². The summed E-state index contributed by atoms with van der Waals surface area (Å²) in [5.41, 5.74) is 1.76. The zero-order valence-electron chi connectivity index (χ0n) is 15.3. The van der Waals surface area contributed by atoms with Crippen molar-refractivity contribution in [3.05, 3.63) is 29.3 Å². The number of aryl methyl sites for hydroxylation is 1. The maximum atomic E-state index is 12.6. The van der Waals surface area contributed by atoms with Crippen LogP contribution in [0.5, 0.6) is 0 Å². The van der Waals surface area contributed by atoms with Crippen molar-refractivity contribution < 1.29 is 9.53 Å². The van der Waals surface area contributed by atoms with Gasteiger partial charge >= 0.3 is 0 Å². The lowest BCUT2D eigenvalue weighted by atomic mass is 9.87. The van der Waals surface area contributed by atoms with Gasteiger partial charge in [-0.25, -0.2) is 0 Å². The zero-order chi connectivity index (χ0) is 18.8. The van der Waals surface area contributed by atoms with Crippen molar-refractivity contribution in [1.29, 1.82) is 0 Å². The number of aromatic nitrogens is 4. The second-order valence-electron chi connectivity index (χ2n) is 6.83. The molecule has 0 spiro atoms. The monoisotopic (exact) mass is 383 g/mol. The molecule has 1 aromatic carbocycles. The van der Waals surface area contributed by atoms with E-state index in [2.05, 4.69) is 25.7 Å². The van der Waals surface area contributed by atoms with E-state index < -0.39 is 0 Å². The first-order chi connectivity index (χ1) is 13.1. The summed E-state index contributed by atoms with van der Waals surface area (Å²) >= 11 is 1.55. The van der Waals surface area contributed by atoms with E-state index in [0.29, 0.717) is 5.82 Å². The molecule has 1 amide bonds. The van der Waals surface area contributed by atoms with Gasteiger partial charge in [0.25, 0.3) is 0 Å². The normalized spacial score (nSPS) is 19.9. The minimum atomic E-state index is 0.00426. The smallest absolute Gasteiger partial charge is 0.228 e. The van der Waals surface area contributed by atoms with Crippen LogP contribution in [0.4, 0.5) is 5.82 Å². The van der Waals surface area contributed by atoms with Gasteiger partial charge in [-0.05, 0) is 56.9 Å². The molecule has 3 aromatic rings. The van der Waals surface area contributed by atoms with Gasteiger partial charge in [0.15, 0.2) is 5.82 Å². The van der Waals surface area contributed by atoms with Crippen LogP contribution in [0.3, 0.4) is 0 Å². The van der Waals surface area contributed by atoms with Gasteiger partial charge in [-0.15, -0.1) is 20.4 Å². The lowest BCUT2D eigenvalue weighted by molar-refractivity contribution is -0.121. The van der Waals surface area contributed by atoms with Gasteiger partial charge in [-0.2, -0.15) is 0 Å². The highest BCUT2D eigenvalue weighted by Gasteiger charge is 2.26. The topological polar surface area (TPSA) is 89.9 Å². The van der Waals surface area contributed by atoms with Crippen molar-refractivity contribution in [2.45, 2.75) is 38.7 Å². The number of fused-ring (bicyclic) bond motifs is 1. The molecule has 1 fully saturated rings. The Kier molecular flexibility index (Phi) is 5.09. The highest BCUT2D eigenvalue weighted by Crippen LogP contribution is 2.28. The van der Waals surface area contributed by atoms with E-state index in [9.17, 15) is 4.79 Å². The molecule has 140 valence electrons. The SMILES string of the molecule is COC1CCC(C(=O)Nc2cc3cc(-c4nnc(C)s4)ccc3nn2)CC1. The van der Waals surface area contributed by atoms with E-state index in [1.807, 2.05) is 31.2 Å². The Morgan fingerprint density at radius 1 is 1.11 bits per heavy atom. The van der Waals surface area contributed by atoms with Crippen LogP contribution in [-0.4, -0.2) is 39.5 Å². The van der Waals surface area contributed by atoms with Crippen molar-refractivity contribution in [3.63, 3.8) is 0 Å². The van der Waals surface area contributed by atoms with Crippen LogP contribution in [0.2, 0.25) is 0 Å². The highest BCUT2D eigenvalue weighted by molar-refractivity contribution is 7.14. The molecule has 1 saturated carbocycles. The van der Waals surface area contributed by atoms with Crippen molar-refractivity contribution in [2.24, 2.45) is 5.92 Å². The van der Waals surface area contributed by atoms with Crippen molar-refractivity contribution >= 4 is 34.0 Å². The Bertz CT molecular complexity index is 966. The lowest BCUT2D eigenvalue weighted by Crippen LogP contribution is -2.29. The fourth-order valence-corrected chi connectivity index (χ4v) is 4.13. The lowest BCUT2D eigenvalue weighted by Gasteiger charge is -2.26. The Labute approximate surface area is 161 Å². The second-order valence-corrected chi connectivity index (χ2v) is 8.01. The number of nitrogens with zero attached hydrogens (tertiary/aromatic N) is 4. The molecule has 0 bridgehead atoms. The number of carbonyl (C=O) groups is 1. The molecule has 27 heavy (non-hydrogen) atoms. The molecule has 0 aliphatic heterocycles. The van der Waals surface area contributed by atoms with Crippen LogP contribution < -0.4 is 5.32 Å². The summed E-state index contributed by atoms with van der Waals surface area (Å²) < 4.78 is 5.37. The number of hydrogen-bond acceptors (Lipinski definition) is 7. The summed E-state index contributed by atoms with van der Waals surface area (Å²) in [6.07, 6.45) is 3.79. The van der Waals surface area contributed by atoms with E-state index in [0.717, 1.165) is 52.2 Å². The first kappa shape index (κ1) is 17.9. The largest absolute Gasteiger partial charge is 0.381 e. The fraction of sp³-hybridized carbons (Fsp3) is 0.421. The minimum absolute atomic E-state index is 0.00426. The summed E-state index contributed by atoms with van der Waals surface area (Å²) in [7, 11) is 1.73. The molecular weight excluding hydrogens is 362 g/mol. The number of ether oxygens (including phenoxy) is 1. The van der Waals surface area contributed by atoms with Crippen LogP contribution >= 0.6 is 11.3 Å². The molecule has 2 heterocycles. The van der Waals surface area contributed by atoms with Gasteiger partial charge in [-0.3, -0.25) is 4.79 Å². The quantitative estimate of drug-likeness (QED) is 0.740. The third-order valence-electron chi connectivity index (χ3n) is 4.99. The van der Waals surface area contributed by atoms with Gasteiger partial charge in [0.1, 0.15) is 10.0 Å². The summed E-state index contributed by atoms with van der Waals surface area (Å²) in [4.78, 5) is 12.6. The average Bonchev–Trinajstić information content (AvgIpc) is 3.14. The van der Waals surface area contributed by atoms with E-state index >= 15 is 0 Å². The third kappa shape index (κ3) is 3.96. The predicted molar refractivity (Wildman–Crippen MR) is 105 cm³/mol. The number of amides is 1. The predicted octanol–water partition coefficient (Wildman–Crippen LogP) is 3.60. The molecule has 7 nitrogen and oxygen atoms in total. The van der Waals surface area contributed by atoms with E-state index in [4.69, 9.17) is 4.74 Å². The van der Waals surface area contributed by atoms with E-state index in [-0.39, 0.29) is 17.9 Å². The molecule has 1 N–H and O–H groups in total. The number of anilines is 1. The van der Waals surface area contributed by atoms with Crippen LogP contribution in [0.15, 0.2) is 24.3 Å². The zero-order valence-corrected chi connectivity index (χ0v) is 16.1. The highest BCUT2D eigenvalue weighted by atomic mass is 32.1. The van der Waals surface area contributed by atoms with Crippen LogP contribution in [0.25, 0.3) is 21.5 Å². The van der Waals surface area contributed by atoms with E-state index in [1.54, 1.807) is 18.4 Å². The van der Waals surface area contributed by atoms with Crippen molar-refractivity contribution in [1.82, 2.24) is 20.4 Å². The molecule has 0 atom stereocenters. The summed E-state index contributed by atoms with van der Waals surface area (Å²) in [6.45, 7) is 1.93. The Morgan fingerprint density at radius 3 is 2.63 bits per heavy atom. The Balaban J connectivity index is 1.51. The molecule has 1 aliphatic rings. The molecule has 2 aromatic heterocycles. The van der Waals surface area contributed by atoms with Gasteiger partial charge in [-0.1, -0.05) is 11.3 Å². The summed E-state index contributed by atoms with van der Waals surface area (Å²) in [5, 5.41) is 22.3. The average molecular weight is 383 g/mol. The van der Waals surface area contributed by atoms with E-state index in [1.165, 1.54) is 0 Å². The molecular formula is C19H21N5O2S. The molecule has 0 unspecified atom stereocenters. The molecule has 0 saturated heterocycles. The Hall–Kier alpha value is -2.45. The standard InChI is InChI=1S/C19H21N5O2S/c1-11-21-24-19(27-11)13-5-8-16-14(9-13)10-17(23-22-16)20-18(25)12-3-6-15(26-2)7-4-12/h5,8-10,12,15H,3-4,6-7H2,1-2H3,(H,20,23,25). The van der Waals surface area contributed by atoms with Gasteiger partial charge in [0.05, 0.1) is 11.6 Å². The molecule has 1 aliphatic carbocycles. The summed E-state index contributed by atoms with van der Waals surface area (Å²) in [5.74, 6) is 0.491. The summed E-state index contributed by atoms with van der Waals surface area (Å²) in [6, 6.07) is 7.73. The maximum absolute atomic E-state index is 12.6. The van der Waals surface area contributed by atoms with Gasteiger partial charge in [0.2, 0.25) is 5.91 Å². The fourth-order valence-electron chi connectivity index (χ4n) is 3.44. The number of nitrogens with one attached hydrogen (secondary N) is 1. The number of benzene rings is 1. The molecule has 0 radical (unpaired) electrons. The maximum Gasteiger partial charge on any atom is 0.228 e. The molecule has 4 rings (SSSR count). The minimum Gasteiger partial charge on any atom is -0.381 e. The first-order valence-corrected chi connectivity index (χ1v) is 9.85. The third-order valence-corrected chi connectivity index (χ3v) is 5.88. The van der Waals surface area contributed by atoms with Crippen LogP contribution in [-0.2, 0) is 9.53 Å². The van der Waals surface area contributed by atoms with Gasteiger partial charge < -0.3 is 10.1 Å². The van der Waals surface area contributed by atoms with Crippen molar-refractivity contribution in [2.75, 3.05) is 12.4 Å². The Morgan fingerprint density at radius 2 is 1.93 bits per heavy atom. The number of methoxy groups -OCH3 is 1.